The van der Waals surface area contributed by atoms with Gasteiger partial charge in [0, 0.05) is 58.0 Å². The zero-order chi connectivity index (χ0) is 22.5. The van der Waals surface area contributed by atoms with Crippen LogP contribution >= 0.6 is 12.4 Å². The summed E-state index contributed by atoms with van der Waals surface area (Å²) in [6, 6.07) is 7.00. The van der Waals surface area contributed by atoms with Gasteiger partial charge in [-0.3, -0.25) is 9.69 Å². The number of methoxy groups -OCH3 is 1. The van der Waals surface area contributed by atoms with E-state index < -0.39 is 5.97 Å². The second-order valence-corrected chi connectivity index (χ2v) is 9.52. The molecule has 0 aromatic heterocycles. The van der Waals surface area contributed by atoms with Crippen LogP contribution < -0.4 is 4.90 Å². The number of urea groups is 1. The minimum atomic E-state index is -0.707. The van der Waals surface area contributed by atoms with E-state index >= 15 is 0 Å². The van der Waals surface area contributed by atoms with Crippen molar-refractivity contribution in [3.8, 4) is 0 Å². The first-order valence-corrected chi connectivity index (χ1v) is 12.2. The van der Waals surface area contributed by atoms with E-state index in [1.54, 1.807) is 7.11 Å². The Hall–Kier alpha value is -1.83. The number of amides is 2. The summed E-state index contributed by atoms with van der Waals surface area (Å²) in [6.07, 6.45) is 7.12. The van der Waals surface area contributed by atoms with E-state index in [1.807, 2.05) is 4.90 Å². The number of nitrogens with zero attached hydrogens (tertiary/aromatic N) is 3. The zero-order valence-electron chi connectivity index (χ0n) is 19.7. The summed E-state index contributed by atoms with van der Waals surface area (Å²) in [7, 11) is 1.75. The largest absolute Gasteiger partial charge is 0.481 e. The number of rotatable bonds is 8. The lowest BCUT2D eigenvalue weighted by molar-refractivity contribution is -0.137. The van der Waals surface area contributed by atoms with Crippen LogP contribution in [-0.4, -0.2) is 79.4 Å². The second-order valence-electron chi connectivity index (χ2n) is 9.52. The molecule has 0 atom stereocenters. The van der Waals surface area contributed by atoms with E-state index in [1.165, 1.54) is 11.1 Å². The molecule has 33 heavy (non-hydrogen) atoms. The van der Waals surface area contributed by atoms with Gasteiger partial charge in [-0.15, -0.1) is 12.4 Å². The summed E-state index contributed by atoms with van der Waals surface area (Å²) in [4.78, 5) is 30.6. The number of carbonyl (C=O) groups is 2. The molecule has 184 valence electrons. The molecule has 7 nitrogen and oxygen atoms in total. The van der Waals surface area contributed by atoms with Gasteiger partial charge in [-0.2, -0.15) is 0 Å². The Bertz CT molecular complexity index is 813. The molecule has 2 aliphatic heterocycles. The van der Waals surface area contributed by atoms with Gasteiger partial charge in [-0.05, 0) is 74.1 Å². The molecule has 2 amide bonds. The monoisotopic (exact) mass is 479 g/mol. The van der Waals surface area contributed by atoms with Crippen molar-refractivity contribution in [2.45, 2.75) is 57.4 Å². The minimum Gasteiger partial charge on any atom is -0.481 e. The second kappa shape index (κ2) is 12.0. The quantitative estimate of drug-likeness (QED) is 0.613. The lowest BCUT2D eigenvalue weighted by Crippen LogP contribution is -2.41. The number of ether oxygens (including phenoxy) is 1. The fourth-order valence-corrected chi connectivity index (χ4v) is 5.57. The number of aliphatic carboxylic acids is 1. The van der Waals surface area contributed by atoms with Crippen molar-refractivity contribution in [2.75, 3.05) is 51.3 Å². The van der Waals surface area contributed by atoms with Gasteiger partial charge in [-0.1, -0.05) is 6.07 Å². The average molecular weight is 480 g/mol. The predicted octanol–water partition coefficient (Wildman–Crippen LogP) is 3.82. The van der Waals surface area contributed by atoms with Gasteiger partial charge in [0.05, 0.1) is 6.61 Å². The Labute approximate surface area is 203 Å². The van der Waals surface area contributed by atoms with Crippen molar-refractivity contribution in [3.63, 3.8) is 0 Å². The normalized spacial score (nSPS) is 23.7. The first kappa shape index (κ1) is 25.8. The molecule has 0 spiro atoms. The fraction of sp³-hybridized carbons (Fsp3) is 0.680. The molecule has 3 aliphatic rings. The Morgan fingerprint density at radius 3 is 2.48 bits per heavy atom. The number of fused-ring (bicyclic) bond motifs is 1. The molecular formula is C25H38ClN3O4. The molecule has 1 aliphatic carbocycles. The fourth-order valence-electron chi connectivity index (χ4n) is 5.57. The number of carbonyl (C=O) groups excluding carboxylic acids is 1. The van der Waals surface area contributed by atoms with Crippen molar-refractivity contribution >= 4 is 30.1 Å². The van der Waals surface area contributed by atoms with Crippen LogP contribution in [0.15, 0.2) is 18.2 Å². The van der Waals surface area contributed by atoms with Crippen LogP contribution in [0.3, 0.4) is 0 Å². The standard InChI is InChI=1S/C25H37N3O4.ClH/c1-32-17-16-26-12-10-20-5-8-23(18-21(20)11-13-26)28-15-14-27(25(28)31)22-6-2-19(3-7-22)4-9-24(29)30;/h5,8,18-19,22H,2-4,6-7,9-17H2,1H3,(H,29,30);1H. The van der Waals surface area contributed by atoms with Crippen molar-refractivity contribution in [1.82, 2.24) is 9.80 Å². The highest BCUT2D eigenvalue weighted by Gasteiger charge is 2.36. The van der Waals surface area contributed by atoms with Gasteiger partial charge in [-0.25, -0.2) is 4.79 Å². The van der Waals surface area contributed by atoms with E-state index in [0.717, 1.165) is 90.0 Å². The van der Waals surface area contributed by atoms with Crippen LogP contribution in [0, 0.1) is 5.92 Å². The van der Waals surface area contributed by atoms with E-state index in [-0.39, 0.29) is 24.9 Å². The predicted molar refractivity (Wildman–Crippen MR) is 131 cm³/mol. The Morgan fingerprint density at radius 1 is 1.06 bits per heavy atom. The van der Waals surface area contributed by atoms with E-state index in [4.69, 9.17) is 9.84 Å². The van der Waals surface area contributed by atoms with E-state index in [2.05, 4.69) is 28.0 Å². The Morgan fingerprint density at radius 2 is 1.79 bits per heavy atom. The number of halogens is 1. The van der Waals surface area contributed by atoms with Gasteiger partial charge in [0.1, 0.15) is 0 Å². The summed E-state index contributed by atoms with van der Waals surface area (Å²) < 4.78 is 5.23. The maximum absolute atomic E-state index is 13.3. The van der Waals surface area contributed by atoms with Gasteiger partial charge in [0.2, 0.25) is 0 Å². The third kappa shape index (κ3) is 6.40. The molecule has 1 N–H and O–H groups in total. The third-order valence-electron chi connectivity index (χ3n) is 7.57. The smallest absolute Gasteiger partial charge is 0.324 e. The van der Waals surface area contributed by atoms with Crippen LogP contribution in [0.5, 0.6) is 0 Å². The molecule has 0 radical (unpaired) electrons. The molecule has 2 heterocycles. The average Bonchev–Trinajstić information content (AvgIpc) is 3.06. The van der Waals surface area contributed by atoms with Crippen molar-refractivity contribution in [2.24, 2.45) is 5.92 Å². The van der Waals surface area contributed by atoms with Gasteiger partial charge < -0.3 is 19.6 Å². The molecule has 1 saturated heterocycles. The van der Waals surface area contributed by atoms with Crippen LogP contribution in [0.25, 0.3) is 0 Å². The maximum Gasteiger partial charge on any atom is 0.324 e. The molecular weight excluding hydrogens is 442 g/mol. The lowest BCUT2D eigenvalue weighted by Gasteiger charge is -2.34. The molecule has 0 bridgehead atoms. The molecule has 1 aromatic rings. The number of hydrogen-bond acceptors (Lipinski definition) is 4. The SMILES string of the molecule is COCCN1CCc2ccc(N3CCN(C4CCC(CCC(=O)O)CC4)C3=O)cc2CC1.Cl. The summed E-state index contributed by atoms with van der Waals surface area (Å²) in [6.45, 7) is 5.35. The number of hydrogen-bond donors (Lipinski definition) is 1. The first-order valence-electron chi connectivity index (χ1n) is 12.2. The van der Waals surface area contributed by atoms with E-state index in [9.17, 15) is 9.59 Å². The first-order chi connectivity index (χ1) is 15.5. The van der Waals surface area contributed by atoms with Gasteiger partial charge >= 0.3 is 12.0 Å². The molecule has 8 heteroatoms. The van der Waals surface area contributed by atoms with Crippen LogP contribution in [0.2, 0.25) is 0 Å². The summed E-state index contributed by atoms with van der Waals surface area (Å²) in [5, 5.41) is 8.91. The topological polar surface area (TPSA) is 73.3 Å². The Balaban J connectivity index is 0.00000306. The summed E-state index contributed by atoms with van der Waals surface area (Å²) >= 11 is 0. The lowest BCUT2D eigenvalue weighted by atomic mass is 9.83. The number of carboxylic acid groups (broad SMARTS) is 1. The van der Waals surface area contributed by atoms with Crippen molar-refractivity contribution in [1.29, 1.82) is 0 Å². The van der Waals surface area contributed by atoms with Crippen LogP contribution in [-0.2, 0) is 22.4 Å². The van der Waals surface area contributed by atoms with Gasteiger partial charge in [0.25, 0.3) is 0 Å². The highest BCUT2D eigenvalue weighted by molar-refractivity contribution is 5.94. The summed E-state index contributed by atoms with van der Waals surface area (Å²) in [5.74, 6) is -0.217. The molecule has 0 unspecified atom stereocenters. The van der Waals surface area contributed by atoms with Crippen LogP contribution in [0.1, 0.15) is 49.7 Å². The maximum atomic E-state index is 13.3. The summed E-state index contributed by atoms with van der Waals surface area (Å²) in [5.41, 5.74) is 3.79. The molecule has 2 fully saturated rings. The highest BCUT2D eigenvalue weighted by Crippen LogP contribution is 2.33. The minimum absolute atomic E-state index is 0. The molecule has 1 aromatic carbocycles. The Kier molecular flexibility index (Phi) is 9.41. The number of anilines is 1. The zero-order valence-corrected chi connectivity index (χ0v) is 20.5. The number of carboxylic acids is 1. The highest BCUT2D eigenvalue weighted by atomic mass is 35.5. The third-order valence-corrected chi connectivity index (χ3v) is 7.57. The van der Waals surface area contributed by atoms with Gasteiger partial charge in [0.15, 0.2) is 0 Å². The van der Waals surface area contributed by atoms with Crippen molar-refractivity contribution in [3.05, 3.63) is 29.3 Å². The molecule has 1 saturated carbocycles. The van der Waals surface area contributed by atoms with Crippen LogP contribution in [0.4, 0.5) is 10.5 Å². The van der Waals surface area contributed by atoms with E-state index in [0.29, 0.717) is 12.0 Å². The molecule has 4 rings (SSSR count). The van der Waals surface area contributed by atoms with Crippen molar-refractivity contribution < 1.29 is 19.4 Å². The number of benzene rings is 1.